The van der Waals surface area contributed by atoms with Crippen LogP contribution in [-0.4, -0.2) is 94.2 Å². The van der Waals surface area contributed by atoms with Crippen molar-refractivity contribution in [1.82, 2.24) is 9.62 Å². The molecule has 244 valence electrons. The number of likely N-dealkylation sites (N-methyl/N-ethyl adjacent to an activating group) is 1. The first-order chi connectivity index (χ1) is 21.4. The number of hydrogen-bond acceptors (Lipinski definition) is 12. The molecule has 9 N–H and O–H groups in total. The Labute approximate surface area is 262 Å². The molecule has 0 heterocycles. The number of nitrogens with two attached hydrogens (primary N) is 1. The number of anilines is 1. The summed E-state index contributed by atoms with van der Waals surface area (Å²) in [5.74, 6) is -10.7. The van der Waals surface area contributed by atoms with Crippen LogP contribution in [-0.2, 0) is 24.4 Å². The summed E-state index contributed by atoms with van der Waals surface area (Å²) < 4.78 is 27.1. The Hall–Kier alpha value is -4.77. The number of carbonyl (C=O) groups excluding carboxylic acids is 4. The normalized spacial score (nSPS) is 27.6. The van der Waals surface area contributed by atoms with Crippen molar-refractivity contribution in [2.75, 3.05) is 19.4 Å². The lowest BCUT2D eigenvalue weighted by atomic mass is 9.54. The Balaban J connectivity index is 1.59. The van der Waals surface area contributed by atoms with Crippen LogP contribution in [0, 0.1) is 18.8 Å². The second-order valence-corrected chi connectivity index (χ2v) is 13.5. The highest BCUT2D eigenvalue weighted by atomic mass is 32.2. The molecule has 1 fully saturated rings. The van der Waals surface area contributed by atoms with Gasteiger partial charge < -0.3 is 36.6 Å². The van der Waals surface area contributed by atoms with Gasteiger partial charge in [-0.3, -0.25) is 19.3 Å². The van der Waals surface area contributed by atoms with E-state index in [0.29, 0.717) is 0 Å². The third-order valence-corrected chi connectivity index (χ3v) is 10.3. The van der Waals surface area contributed by atoms with Gasteiger partial charge in [-0.25, -0.2) is 17.9 Å². The highest BCUT2D eigenvalue weighted by Gasteiger charge is 2.68. The zero-order chi connectivity index (χ0) is 34.2. The Bertz CT molecular complexity index is 1880. The molecule has 0 aliphatic heterocycles. The van der Waals surface area contributed by atoms with Crippen LogP contribution < -0.4 is 15.8 Å². The molecule has 1 saturated carbocycles. The molecular weight excluding hydrogens is 624 g/mol. The molecule has 3 amide bonds. The van der Waals surface area contributed by atoms with E-state index in [0.717, 1.165) is 5.56 Å². The van der Waals surface area contributed by atoms with Gasteiger partial charge in [0, 0.05) is 11.5 Å². The van der Waals surface area contributed by atoms with Crippen LogP contribution in [0.3, 0.4) is 0 Å². The highest BCUT2D eigenvalue weighted by Crippen LogP contribution is 2.56. The Kier molecular flexibility index (Phi) is 7.76. The number of phenols is 1. The van der Waals surface area contributed by atoms with Crippen molar-refractivity contribution in [3.05, 3.63) is 70.0 Å². The number of rotatable bonds is 5. The number of aliphatic hydroxyl groups is 4. The summed E-state index contributed by atoms with van der Waals surface area (Å²) in [4.78, 5) is 53.3. The number of aromatic hydroxyl groups is 1. The van der Waals surface area contributed by atoms with Crippen LogP contribution in [0.5, 0.6) is 5.75 Å². The molecule has 6 unspecified atom stereocenters. The van der Waals surface area contributed by atoms with Gasteiger partial charge in [0.25, 0.3) is 15.9 Å². The smallest absolute Gasteiger partial charge is 0.333 e. The van der Waals surface area contributed by atoms with E-state index in [9.17, 15) is 53.1 Å². The lowest BCUT2D eigenvalue weighted by Crippen LogP contribution is -2.70. The minimum absolute atomic E-state index is 0.195. The van der Waals surface area contributed by atoms with Gasteiger partial charge in [-0.15, -0.1) is 0 Å². The van der Waals surface area contributed by atoms with Crippen molar-refractivity contribution < 1.29 is 53.1 Å². The van der Waals surface area contributed by atoms with E-state index in [4.69, 9.17) is 5.73 Å². The lowest BCUT2D eigenvalue weighted by molar-refractivity contribution is -0.169. The number of aliphatic hydroxyl groups excluding tert-OH is 3. The van der Waals surface area contributed by atoms with E-state index in [1.807, 2.05) is 4.72 Å². The van der Waals surface area contributed by atoms with Crippen LogP contribution in [0.4, 0.5) is 10.5 Å². The SMILES string of the molecule is Cc1ccc(S(=O)(=O)NC(=O)Nc2ccc3c(c2O)C(O)=C2C(=O)C4(O)C(O)=C(C(N)=O)C(=O)C(N(C)C)C4C(O)C2C3C)cc1. The van der Waals surface area contributed by atoms with Gasteiger partial charge in [-0.2, -0.15) is 0 Å². The van der Waals surface area contributed by atoms with Crippen LogP contribution >= 0.6 is 0 Å². The summed E-state index contributed by atoms with van der Waals surface area (Å²) in [5.41, 5.74) is 0.803. The van der Waals surface area contributed by atoms with Gasteiger partial charge >= 0.3 is 6.03 Å². The first kappa shape index (κ1) is 32.6. The number of nitrogens with zero attached hydrogens (tertiary/aromatic N) is 1. The molecule has 46 heavy (non-hydrogen) atoms. The maximum Gasteiger partial charge on any atom is 0.333 e. The zero-order valence-electron chi connectivity index (χ0n) is 25.0. The van der Waals surface area contributed by atoms with E-state index in [2.05, 4.69) is 5.32 Å². The highest BCUT2D eigenvalue weighted by molar-refractivity contribution is 7.90. The summed E-state index contributed by atoms with van der Waals surface area (Å²) in [6.45, 7) is 3.29. The van der Waals surface area contributed by atoms with Crippen LogP contribution in [0.1, 0.15) is 29.5 Å². The number of urea groups is 1. The number of fused-ring (bicyclic) bond motifs is 3. The van der Waals surface area contributed by atoms with E-state index in [1.54, 1.807) is 13.8 Å². The number of sulfonamides is 1. The van der Waals surface area contributed by atoms with Gasteiger partial charge in [0.15, 0.2) is 11.4 Å². The van der Waals surface area contributed by atoms with Gasteiger partial charge in [0.2, 0.25) is 5.78 Å². The quantitative estimate of drug-likeness (QED) is 0.160. The molecule has 2 aromatic carbocycles. The van der Waals surface area contributed by atoms with Crippen molar-refractivity contribution >= 4 is 45.0 Å². The first-order valence-corrected chi connectivity index (χ1v) is 15.4. The Morgan fingerprint density at radius 2 is 1.63 bits per heavy atom. The Morgan fingerprint density at radius 3 is 2.20 bits per heavy atom. The maximum atomic E-state index is 14.1. The Morgan fingerprint density at radius 1 is 1.02 bits per heavy atom. The number of amides is 3. The summed E-state index contributed by atoms with van der Waals surface area (Å²) in [5, 5.41) is 59.2. The van der Waals surface area contributed by atoms with Crippen molar-refractivity contribution in [3.63, 3.8) is 0 Å². The molecule has 0 aromatic heterocycles. The summed E-state index contributed by atoms with van der Waals surface area (Å²) >= 11 is 0. The summed E-state index contributed by atoms with van der Waals surface area (Å²) in [6.07, 6.45) is -1.77. The average molecular weight is 657 g/mol. The zero-order valence-corrected chi connectivity index (χ0v) is 25.8. The van der Waals surface area contributed by atoms with E-state index in [1.165, 1.54) is 55.4 Å². The van der Waals surface area contributed by atoms with Crippen molar-refractivity contribution in [1.29, 1.82) is 0 Å². The van der Waals surface area contributed by atoms with Crippen LogP contribution in [0.2, 0.25) is 0 Å². The van der Waals surface area contributed by atoms with Gasteiger partial charge in [-0.1, -0.05) is 30.7 Å². The number of carbonyl (C=O) groups is 4. The number of Topliss-reactive ketones (excluding diaryl/α,β-unsaturated/α-hetero) is 2. The largest absolute Gasteiger partial charge is 0.508 e. The van der Waals surface area contributed by atoms with Crippen LogP contribution in [0.15, 0.2) is 58.2 Å². The lowest BCUT2D eigenvalue weighted by Gasteiger charge is -2.53. The number of hydrogen-bond donors (Lipinski definition) is 8. The summed E-state index contributed by atoms with van der Waals surface area (Å²) in [7, 11) is -1.51. The molecule has 0 bridgehead atoms. The first-order valence-electron chi connectivity index (χ1n) is 13.9. The number of phenolic OH excluding ortho intramolecular Hbond substituents is 1. The molecule has 5 rings (SSSR count). The van der Waals surface area contributed by atoms with Gasteiger partial charge in [0.05, 0.1) is 34.2 Å². The maximum absolute atomic E-state index is 14.1. The molecule has 16 heteroatoms. The van der Waals surface area contributed by atoms with Gasteiger partial charge in [-0.05, 0) is 50.7 Å². The van der Waals surface area contributed by atoms with E-state index in [-0.39, 0.29) is 21.7 Å². The number of nitrogens with one attached hydrogen (secondary N) is 2. The minimum Gasteiger partial charge on any atom is -0.508 e. The second-order valence-electron chi connectivity index (χ2n) is 11.8. The molecule has 3 aliphatic carbocycles. The number of benzene rings is 2. The monoisotopic (exact) mass is 656 g/mol. The van der Waals surface area contributed by atoms with Crippen LogP contribution in [0.25, 0.3) is 5.76 Å². The molecular formula is C30H32N4O11S. The third-order valence-electron chi connectivity index (χ3n) is 8.94. The topological polar surface area (TPSA) is 257 Å². The fraction of sp³-hybridized carbons (Fsp3) is 0.333. The van der Waals surface area contributed by atoms with Gasteiger partial charge in [0.1, 0.15) is 22.8 Å². The van der Waals surface area contributed by atoms with Crippen molar-refractivity contribution in [2.45, 2.75) is 42.4 Å². The average Bonchev–Trinajstić information content (AvgIpc) is 2.95. The fourth-order valence-electron chi connectivity index (χ4n) is 6.76. The summed E-state index contributed by atoms with van der Waals surface area (Å²) in [6, 6.07) is 5.48. The van der Waals surface area contributed by atoms with Crippen molar-refractivity contribution in [2.24, 2.45) is 17.6 Å². The molecule has 2 aromatic rings. The molecule has 3 aliphatic rings. The molecule has 6 atom stereocenters. The second kappa shape index (κ2) is 10.9. The minimum atomic E-state index is -4.32. The predicted molar refractivity (Wildman–Crippen MR) is 161 cm³/mol. The molecule has 0 radical (unpaired) electrons. The molecule has 0 saturated heterocycles. The predicted octanol–water partition coefficient (Wildman–Crippen LogP) is 0.315. The number of primary amides is 1. The standard InChI is InChI=1S/C30H32N4O11S/c1-11-5-7-13(8-6-11)46(44,45)33-29(42)32-15-10-9-14-12(2)16-18(23(36)17(14)22(15)35)26(39)30(43)20(24(16)37)21(34(3)4)25(38)19(27(30)40)28(31)41/h5-10,12,16,20-21,24,35-37,40,43H,1-4H3,(H2,31,41)(H2,32,33,42). The van der Waals surface area contributed by atoms with E-state index >= 15 is 0 Å². The third kappa shape index (κ3) is 4.63. The molecule has 15 nitrogen and oxygen atoms in total. The molecule has 0 spiro atoms. The van der Waals surface area contributed by atoms with E-state index < -0.39 is 97.4 Å². The van der Waals surface area contributed by atoms with Crippen molar-refractivity contribution in [3.8, 4) is 5.75 Å². The number of aryl methyl sites for hydroxylation is 1. The fourth-order valence-corrected chi connectivity index (χ4v) is 7.67. The number of ketones is 2.